The number of aryl methyl sites for hydroxylation is 2. The van der Waals surface area contributed by atoms with E-state index in [0.717, 1.165) is 5.75 Å². The van der Waals surface area contributed by atoms with Crippen molar-refractivity contribution in [2.24, 2.45) is 0 Å². The zero-order chi connectivity index (χ0) is 13.5. The Bertz CT molecular complexity index is 489. The summed E-state index contributed by atoms with van der Waals surface area (Å²) in [6, 6.07) is 11.9. The number of rotatable bonds is 2. The van der Waals surface area contributed by atoms with Gasteiger partial charge in [0, 0.05) is 0 Å². The monoisotopic (exact) mass is 246 g/mol. The molecule has 2 aromatic rings. The summed E-state index contributed by atoms with van der Waals surface area (Å²) in [6.45, 7) is 8.09. The molecular weight excluding hydrogens is 227 g/mol. The molecule has 0 heterocycles. The predicted octanol–water partition coefficient (Wildman–Crippen LogP) is 5.26. The first-order valence-corrected chi connectivity index (χ1v) is 6.16. The average molecular weight is 246 g/mol. The van der Waals surface area contributed by atoms with Crippen molar-refractivity contribution in [2.75, 3.05) is 0 Å². The van der Waals surface area contributed by atoms with E-state index >= 15 is 0 Å². The summed E-state index contributed by atoms with van der Waals surface area (Å²) in [5.41, 5.74) is 2.41. The maximum absolute atomic E-state index is 12.7. The Morgan fingerprint density at radius 2 is 1.33 bits per heavy atom. The molecule has 0 bridgehead atoms. The van der Waals surface area contributed by atoms with Crippen LogP contribution in [0.5, 0.6) is 11.5 Å². The molecule has 0 unspecified atom stereocenters. The van der Waals surface area contributed by atoms with Crippen LogP contribution in [0.3, 0.4) is 0 Å². The molecule has 0 radical (unpaired) electrons. The molecule has 18 heavy (non-hydrogen) atoms. The second kappa shape index (κ2) is 6.80. The summed E-state index contributed by atoms with van der Waals surface area (Å²) in [4.78, 5) is 0. The fourth-order valence-corrected chi connectivity index (χ4v) is 1.42. The summed E-state index contributed by atoms with van der Waals surface area (Å²) < 4.78 is 18.3. The van der Waals surface area contributed by atoms with Crippen LogP contribution in [0.4, 0.5) is 4.39 Å². The van der Waals surface area contributed by atoms with Gasteiger partial charge in [-0.05, 0) is 61.4 Å². The van der Waals surface area contributed by atoms with E-state index in [-0.39, 0.29) is 5.82 Å². The Morgan fingerprint density at radius 3 is 1.89 bits per heavy atom. The van der Waals surface area contributed by atoms with Gasteiger partial charge in [0.1, 0.15) is 17.3 Å². The van der Waals surface area contributed by atoms with Crippen LogP contribution in [0.2, 0.25) is 0 Å². The summed E-state index contributed by atoms with van der Waals surface area (Å²) in [5.74, 6) is 1.16. The van der Waals surface area contributed by atoms with Crippen molar-refractivity contribution >= 4 is 0 Å². The number of ether oxygens (including phenoxy) is 1. The molecular formula is C16H19FO. The molecule has 1 nitrogen and oxygen atoms in total. The molecule has 96 valence electrons. The van der Waals surface area contributed by atoms with Gasteiger partial charge in [0.05, 0.1) is 0 Å². The number of benzene rings is 2. The van der Waals surface area contributed by atoms with Crippen molar-refractivity contribution in [3.8, 4) is 11.5 Å². The van der Waals surface area contributed by atoms with Gasteiger partial charge in [0.15, 0.2) is 0 Å². The second-order valence-corrected chi connectivity index (χ2v) is 3.80. The highest BCUT2D eigenvalue weighted by atomic mass is 19.1. The minimum absolute atomic E-state index is 0.257. The smallest absolute Gasteiger partial charge is 0.127 e. The maximum atomic E-state index is 12.7. The third kappa shape index (κ3) is 3.88. The van der Waals surface area contributed by atoms with Gasteiger partial charge in [0.25, 0.3) is 0 Å². The van der Waals surface area contributed by atoms with Crippen molar-refractivity contribution in [3.63, 3.8) is 0 Å². The van der Waals surface area contributed by atoms with E-state index in [1.165, 1.54) is 23.3 Å². The highest BCUT2D eigenvalue weighted by Crippen LogP contribution is 2.23. The first-order chi connectivity index (χ1) is 8.65. The van der Waals surface area contributed by atoms with E-state index in [9.17, 15) is 4.39 Å². The third-order valence-corrected chi connectivity index (χ3v) is 2.53. The quantitative estimate of drug-likeness (QED) is 0.702. The van der Waals surface area contributed by atoms with Crippen LogP contribution in [0.1, 0.15) is 25.0 Å². The Morgan fingerprint density at radius 1 is 0.778 bits per heavy atom. The number of hydrogen-bond acceptors (Lipinski definition) is 1. The number of halogens is 1. The summed E-state index contributed by atoms with van der Waals surface area (Å²) in [7, 11) is 0. The van der Waals surface area contributed by atoms with E-state index in [4.69, 9.17) is 4.74 Å². The van der Waals surface area contributed by atoms with Crippen LogP contribution < -0.4 is 4.74 Å². The van der Waals surface area contributed by atoms with E-state index < -0.39 is 0 Å². The molecule has 0 fully saturated rings. The zero-order valence-electron chi connectivity index (χ0n) is 11.3. The summed E-state index contributed by atoms with van der Waals surface area (Å²) in [6.07, 6.45) is 0. The van der Waals surface area contributed by atoms with Gasteiger partial charge in [-0.15, -0.1) is 0 Å². The van der Waals surface area contributed by atoms with Crippen molar-refractivity contribution < 1.29 is 9.13 Å². The third-order valence-electron chi connectivity index (χ3n) is 2.53. The molecule has 2 aromatic carbocycles. The van der Waals surface area contributed by atoms with Gasteiger partial charge in [0.2, 0.25) is 0 Å². The second-order valence-electron chi connectivity index (χ2n) is 3.80. The van der Waals surface area contributed by atoms with E-state index in [1.54, 1.807) is 12.1 Å². The van der Waals surface area contributed by atoms with Crippen molar-refractivity contribution in [2.45, 2.75) is 27.7 Å². The largest absolute Gasteiger partial charge is 0.457 e. The normalized spacial score (nSPS) is 9.39. The lowest BCUT2D eigenvalue weighted by Crippen LogP contribution is -1.87. The van der Waals surface area contributed by atoms with E-state index in [2.05, 4.69) is 6.92 Å². The van der Waals surface area contributed by atoms with Gasteiger partial charge in [-0.1, -0.05) is 19.9 Å². The van der Waals surface area contributed by atoms with E-state index in [1.807, 2.05) is 39.0 Å². The van der Waals surface area contributed by atoms with Gasteiger partial charge in [-0.3, -0.25) is 0 Å². The van der Waals surface area contributed by atoms with Crippen molar-refractivity contribution in [1.82, 2.24) is 0 Å². The zero-order valence-corrected chi connectivity index (χ0v) is 11.3. The lowest BCUT2D eigenvalue weighted by molar-refractivity contribution is 0.480. The molecule has 0 aliphatic carbocycles. The molecule has 0 spiro atoms. The average Bonchev–Trinajstić information content (AvgIpc) is 2.39. The van der Waals surface area contributed by atoms with Crippen LogP contribution >= 0.6 is 0 Å². The first-order valence-electron chi connectivity index (χ1n) is 6.16. The van der Waals surface area contributed by atoms with Gasteiger partial charge in [-0.2, -0.15) is 0 Å². The molecule has 0 aliphatic heterocycles. The minimum Gasteiger partial charge on any atom is -0.457 e. The van der Waals surface area contributed by atoms with Gasteiger partial charge >= 0.3 is 0 Å². The maximum Gasteiger partial charge on any atom is 0.127 e. The standard InChI is InChI=1S/C14H13FO.C2H6/c1-10-3-6-14(9-11(10)2)16-13-7-4-12(15)5-8-13;1-2/h3-9H,1-2H3;1-2H3. The molecule has 0 N–H and O–H groups in total. The fraction of sp³-hybridized carbons (Fsp3) is 0.250. The fourth-order valence-electron chi connectivity index (χ4n) is 1.42. The molecule has 0 aromatic heterocycles. The molecule has 0 saturated carbocycles. The van der Waals surface area contributed by atoms with Crippen LogP contribution in [0, 0.1) is 19.7 Å². The van der Waals surface area contributed by atoms with Crippen LogP contribution in [-0.2, 0) is 0 Å². The molecule has 2 rings (SSSR count). The molecule has 0 atom stereocenters. The molecule has 0 saturated heterocycles. The Labute approximate surface area is 108 Å². The highest BCUT2D eigenvalue weighted by Gasteiger charge is 1.99. The van der Waals surface area contributed by atoms with Crippen LogP contribution in [-0.4, -0.2) is 0 Å². The van der Waals surface area contributed by atoms with Gasteiger partial charge < -0.3 is 4.74 Å². The molecule has 0 amide bonds. The summed E-state index contributed by atoms with van der Waals surface area (Å²) >= 11 is 0. The molecule has 2 heteroatoms. The van der Waals surface area contributed by atoms with Crippen molar-refractivity contribution in [3.05, 3.63) is 59.4 Å². The topological polar surface area (TPSA) is 9.23 Å². The van der Waals surface area contributed by atoms with Crippen molar-refractivity contribution in [1.29, 1.82) is 0 Å². The molecule has 0 aliphatic rings. The van der Waals surface area contributed by atoms with Crippen LogP contribution in [0.25, 0.3) is 0 Å². The van der Waals surface area contributed by atoms with Crippen LogP contribution in [0.15, 0.2) is 42.5 Å². The lowest BCUT2D eigenvalue weighted by atomic mass is 10.1. The SMILES string of the molecule is CC.Cc1ccc(Oc2ccc(F)cc2)cc1C. The Hall–Kier alpha value is -1.83. The number of hydrogen-bond donors (Lipinski definition) is 0. The lowest BCUT2D eigenvalue weighted by Gasteiger charge is -2.07. The highest BCUT2D eigenvalue weighted by molar-refractivity contribution is 5.37. The Kier molecular flexibility index (Phi) is 5.37. The minimum atomic E-state index is -0.257. The van der Waals surface area contributed by atoms with Gasteiger partial charge in [-0.25, -0.2) is 4.39 Å². The summed E-state index contributed by atoms with van der Waals surface area (Å²) in [5, 5.41) is 0. The first kappa shape index (κ1) is 14.2. The Balaban J connectivity index is 0.000000771. The predicted molar refractivity (Wildman–Crippen MR) is 73.7 cm³/mol. The van der Waals surface area contributed by atoms with E-state index in [0.29, 0.717) is 5.75 Å².